The summed E-state index contributed by atoms with van der Waals surface area (Å²) < 4.78 is 32.0. The van der Waals surface area contributed by atoms with E-state index in [1.807, 2.05) is 37.3 Å². The average Bonchev–Trinajstić information content (AvgIpc) is 3.37. The summed E-state index contributed by atoms with van der Waals surface area (Å²) in [7, 11) is -2.20. The van der Waals surface area contributed by atoms with Gasteiger partial charge in [0.2, 0.25) is 21.8 Å². The number of methoxy groups -OCH3 is 1. The number of sulfonamides is 1. The number of hydrogen-bond acceptors (Lipinski definition) is 5. The number of carbonyl (C=O) groups is 2. The molecule has 2 amide bonds. The van der Waals surface area contributed by atoms with Crippen LogP contribution in [0.2, 0.25) is 0 Å². The van der Waals surface area contributed by atoms with Gasteiger partial charge in [-0.25, -0.2) is 8.42 Å². The molecule has 0 saturated heterocycles. The van der Waals surface area contributed by atoms with E-state index in [0.29, 0.717) is 17.9 Å². The van der Waals surface area contributed by atoms with Gasteiger partial charge in [-0.1, -0.05) is 50.1 Å². The van der Waals surface area contributed by atoms with E-state index in [2.05, 4.69) is 5.32 Å². The van der Waals surface area contributed by atoms with E-state index in [-0.39, 0.29) is 18.5 Å². The smallest absolute Gasteiger partial charge is 0.244 e. The second-order valence-corrected chi connectivity index (χ2v) is 11.2. The van der Waals surface area contributed by atoms with Crippen molar-refractivity contribution in [1.29, 1.82) is 0 Å². The number of ether oxygens (including phenoxy) is 1. The maximum absolute atomic E-state index is 13.7. The Kier molecular flexibility index (Phi) is 9.37. The number of aryl methyl sites for hydroxylation is 1. The van der Waals surface area contributed by atoms with Crippen molar-refractivity contribution in [2.45, 2.75) is 64.6 Å². The summed E-state index contributed by atoms with van der Waals surface area (Å²) >= 11 is 0. The summed E-state index contributed by atoms with van der Waals surface area (Å²) in [5.74, 6) is -0.0566. The highest BCUT2D eigenvalue weighted by atomic mass is 32.2. The molecule has 0 radical (unpaired) electrons. The van der Waals surface area contributed by atoms with E-state index >= 15 is 0 Å². The zero-order chi connectivity index (χ0) is 26.3. The molecule has 1 aliphatic rings. The Morgan fingerprint density at radius 1 is 1.11 bits per heavy atom. The number of para-hydroxylation sites is 1. The maximum atomic E-state index is 13.7. The Balaban J connectivity index is 1.91. The largest absolute Gasteiger partial charge is 0.497 e. The zero-order valence-corrected chi connectivity index (χ0v) is 22.4. The zero-order valence-electron chi connectivity index (χ0n) is 21.6. The van der Waals surface area contributed by atoms with Crippen LogP contribution in [0.15, 0.2) is 48.5 Å². The van der Waals surface area contributed by atoms with Gasteiger partial charge in [0.1, 0.15) is 18.3 Å². The maximum Gasteiger partial charge on any atom is 0.244 e. The van der Waals surface area contributed by atoms with E-state index in [4.69, 9.17) is 4.74 Å². The van der Waals surface area contributed by atoms with Gasteiger partial charge >= 0.3 is 0 Å². The normalized spacial score (nSPS) is 14.8. The fraction of sp³-hybridized carbons (Fsp3) is 0.481. The van der Waals surface area contributed by atoms with Gasteiger partial charge in [0.15, 0.2) is 0 Å². The second kappa shape index (κ2) is 12.3. The van der Waals surface area contributed by atoms with Gasteiger partial charge in [-0.15, -0.1) is 0 Å². The fourth-order valence-corrected chi connectivity index (χ4v) is 5.47. The van der Waals surface area contributed by atoms with Crippen LogP contribution < -0.4 is 14.4 Å². The minimum atomic E-state index is -3.76. The average molecular weight is 516 g/mol. The number of carbonyl (C=O) groups excluding carboxylic acids is 2. The van der Waals surface area contributed by atoms with Crippen LogP contribution in [0.25, 0.3) is 0 Å². The summed E-state index contributed by atoms with van der Waals surface area (Å²) in [5, 5.41) is 3.07. The number of benzene rings is 2. The second-order valence-electron chi connectivity index (χ2n) is 9.29. The molecule has 2 aromatic rings. The van der Waals surface area contributed by atoms with Crippen molar-refractivity contribution in [3.8, 4) is 5.75 Å². The summed E-state index contributed by atoms with van der Waals surface area (Å²) in [5.41, 5.74) is 2.07. The standard InChI is InChI=1S/C27H37N3O5S/c1-5-22-12-6-9-16-25(22)30(36(4,33)34)19-26(31)29(18-21-11-10-15-24(17-21)35-3)20(2)27(32)28-23-13-7-8-14-23/h6,9-12,15-17,20,23H,5,7-8,13-14,18-19H2,1-4H3,(H,28,32). The Morgan fingerprint density at radius 3 is 2.44 bits per heavy atom. The predicted molar refractivity (Wildman–Crippen MR) is 141 cm³/mol. The molecule has 0 aromatic heterocycles. The number of rotatable bonds is 11. The molecule has 1 aliphatic carbocycles. The molecule has 1 atom stereocenters. The third-order valence-electron chi connectivity index (χ3n) is 6.68. The van der Waals surface area contributed by atoms with Crippen molar-refractivity contribution in [3.63, 3.8) is 0 Å². The molecule has 1 unspecified atom stereocenters. The molecule has 3 rings (SSSR count). The highest BCUT2D eigenvalue weighted by Gasteiger charge is 2.31. The lowest BCUT2D eigenvalue weighted by Crippen LogP contribution is -2.52. The van der Waals surface area contributed by atoms with Gasteiger partial charge in [-0.3, -0.25) is 13.9 Å². The van der Waals surface area contributed by atoms with E-state index in [1.54, 1.807) is 32.2 Å². The number of amides is 2. The summed E-state index contributed by atoms with van der Waals surface area (Å²) in [4.78, 5) is 28.3. The van der Waals surface area contributed by atoms with E-state index < -0.39 is 28.5 Å². The Bertz CT molecular complexity index is 1160. The SMILES string of the molecule is CCc1ccccc1N(CC(=O)N(Cc1cccc(OC)c1)C(C)C(=O)NC1CCCC1)S(C)(=O)=O. The molecule has 1 N–H and O–H groups in total. The van der Waals surface area contributed by atoms with Gasteiger partial charge in [0.25, 0.3) is 0 Å². The van der Waals surface area contributed by atoms with Crippen molar-refractivity contribution in [3.05, 3.63) is 59.7 Å². The molecule has 8 nitrogen and oxygen atoms in total. The first-order valence-corrected chi connectivity index (χ1v) is 14.3. The van der Waals surface area contributed by atoms with E-state index in [9.17, 15) is 18.0 Å². The monoisotopic (exact) mass is 515 g/mol. The van der Waals surface area contributed by atoms with Gasteiger partial charge < -0.3 is 15.0 Å². The predicted octanol–water partition coefficient (Wildman–Crippen LogP) is 3.50. The molecule has 196 valence electrons. The van der Waals surface area contributed by atoms with Crippen LogP contribution >= 0.6 is 0 Å². The Morgan fingerprint density at radius 2 is 1.81 bits per heavy atom. The lowest BCUT2D eigenvalue weighted by Gasteiger charge is -2.32. The molecule has 0 heterocycles. The molecule has 36 heavy (non-hydrogen) atoms. The summed E-state index contributed by atoms with van der Waals surface area (Å²) in [6, 6.07) is 13.8. The lowest BCUT2D eigenvalue weighted by molar-refractivity contribution is -0.139. The van der Waals surface area contributed by atoms with Crippen molar-refractivity contribution < 1.29 is 22.7 Å². The fourth-order valence-electron chi connectivity index (χ4n) is 4.59. The first kappa shape index (κ1) is 27.5. The van der Waals surface area contributed by atoms with Gasteiger partial charge in [0.05, 0.1) is 19.1 Å². The molecule has 0 aliphatic heterocycles. The lowest BCUT2D eigenvalue weighted by atomic mass is 10.1. The van der Waals surface area contributed by atoms with Crippen LogP contribution in [0.1, 0.15) is 50.7 Å². The molecule has 9 heteroatoms. The molecule has 0 bridgehead atoms. The number of hydrogen-bond donors (Lipinski definition) is 1. The molecule has 2 aromatic carbocycles. The summed E-state index contributed by atoms with van der Waals surface area (Å²) in [6.07, 6.45) is 5.72. The number of anilines is 1. The number of nitrogens with zero attached hydrogens (tertiary/aromatic N) is 2. The quantitative estimate of drug-likeness (QED) is 0.494. The highest BCUT2D eigenvalue weighted by Crippen LogP contribution is 2.25. The third-order valence-corrected chi connectivity index (χ3v) is 7.80. The molecular formula is C27H37N3O5S. The van der Waals surface area contributed by atoms with Crippen LogP contribution in [0, 0.1) is 0 Å². The van der Waals surface area contributed by atoms with Crippen molar-refractivity contribution in [2.24, 2.45) is 0 Å². The van der Waals surface area contributed by atoms with Crippen LogP contribution in [0.5, 0.6) is 5.75 Å². The first-order chi connectivity index (χ1) is 17.1. The van der Waals surface area contributed by atoms with Gasteiger partial charge in [0, 0.05) is 12.6 Å². The third kappa shape index (κ3) is 7.00. The van der Waals surface area contributed by atoms with E-state index in [0.717, 1.165) is 47.4 Å². The van der Waals surface area contributed by atoms with Crippen LogP contribution in [0.3, 0.4) is 0 Å². The molecule has 0 spiro atoms. The molecule has 1 saturated carbocycles. The minimum absolute atomic E-state index is 0.109. The van der Waals surface area contributed by atoms with Crippen molar-refractivity contribution in [1.82, 2.24) is 10.2 Å². The molecular weight excluding hydrogens is 478 g/mol. The first-order valence-electron chi connectivity index (χ1n) is 12.4. The van der Waals surface area contributed by atoms with Crippen LogP contribution in [0.4, 0.5) is 5.69 Å². The van der Waals surface area contributed by atoms with Crippen LogP contribution in [-0.2, 0) is 32.6 Å². The Labute approximate surface area is 214 Å². The van der Waals surface area contributed by atoms with Crippen molar-refractivity contribution >= 4 is 27.5 Å². The highest BCUT2D eigenvalue weighted by molar-refractivity contribution is 7.92. The van der Waals surface area contributed by atoms with Gasteiger partial charge in [-0.05, 0) is 55.5 Å². The van der Waals surface area contributed by atoms with Gasteiger partial charge in [-0.2, -0.15) is 0 Å². The van der Waals surface area contributed by atoms with Crippen LogP contribution in [-0.4, -0.2) is 57.1 Å². The minimum Gasteiger partial charge on any atom is -0.497 e. The summed E-state index contributed by atoms with van der Waals surface area (Å²) in [6.45, 7) is 3.36. The van der Waals surface area contributed by atoms with Crippen molar-refractivity contribution in [2.75, 3.05) is 24.2 Å². The topological polar surface area (TPSA) is 96.0 Å². The Hall–Kier alpha value is -3.07. The number of nitrogens with one attached hydrogen (secondary N) is 1. The van der Waals surface area contributed by atoms with E-state index in [1.165, 1.54) is 4.90 Å². The molecule has 1 fully saturated rings.